The van der Waals surface area contributed by atoms with Crippen molar-refractivity contribution in [1.29, 1.82) is 0 Å². The number of aromatic nitrogens is 2. The maximum absolute atomic E-state index is 12.3. The Morgan fingerprint density at radius 3 is 2.67 bits per heavy atom. The normalized spacial score (nSPS) is 13.2. The van der Waals surface area contributed by atoms with E-state index in [0.29, 0.717) is 18.0 Å². The minimum absolute atomic E-state index is 0. The van der Waals surface area contributed by atoms with E-state index in [0.717, 1.165) is 15.9 Å². The number of amides is 2. The zero-order valence-corrected chi connectivity index (χ0v) is 15.9. The van der Waals surface area contributed by atoms with Crippen LogP contribution in [0.1, 0.15) is 29.2 Å². The summed E-state index contributed by atoms with van der Waals surface area (Å²) in [5.41, 5.74) is 6.40. The van der Waals surface area contributed by atoms with Crippen LogP contribution in [0, 0.1) is 12.8 Å². The lowest BCUT2D eigenvalue weighted by molar-refractivity contribution is -0.122. The zero-order chi connectivity index (χ0) is 17.1. The lowest BCUT2D eigenvalue weighted by Gasteiger charge is -2.15. The molecule has 2 aromatic heterocycles. The first-order valence-corrected chi connectivity index (χ1v) is 8.37. The van der Waals surface area contributed by atoms with Crippen molar-refractivity contribution in [2.75, 3.05) is 13.1 Å². The highest BCUT2D eigenvalue weighted by atomic mass is 35.5. The van der Waals surface area contributed by atoms with Crippen LogP contribution in [-0.4, -0.2) is 40.7 Å². The van der Waals surface area contributed by atoms with E-state index < -0.39 is 6.04 Å². The molecule has 0 saturated carbocycles. The molecule has 2 rings (SSSR count). The van der Waals surface area contributed by atoms with Crippen LogP contribution in [0.5, 0.6) is 0 Å². The standard InChI is InChI=1S/C15H23N5O2S.ClH/c1-8(6-16)7-17-13(21)10(3)18-14(22)12-5-11-9(2)19-20(4)15(11)23-12;/h5,8,10H,6-7,16H2,1-4H3,(H,17,21)(H,18,22);1H. The van der Waals surface area contributed by atoms with E-state index in [1.165, 1.54) is 11.3 Å². The molecule has 0 aliphatic carbocycles. The zero-order valence-electron chi connectivity index (χ0n) is 14.3. The highest BCUT2D eigenvalue weighted by Gasteiger charge is 2.20. The van der Waals surface area contributed by atoms with Gasteiger partial charge >= 0.3 is 0 Å². The molecule has 2 aromatic rings. The van der Waals surface area contributed by atoms with Crippen molar-refractivity contribution < 1.29 is 9.59 Å². The Hall–Kier alpha value is -1.64. The number of nitrogens with one attached hydrogen (secondary N) is 2. The first kappa shape index (κ1) is 20.4. The molecule has 0 radical (unpaired) electrons. The van der Waals surface area contributed by atoms with Gasteiger partial charge in [0.25, 0.3) is 5.91 Å². The number of thiophene rings is 1. The number of hydrogen-bond acceptors (Lipinski definition) is 5. The molecule has 4 N–H and O–H groups in total. The van der Waals surface area contributed by atoms with Gasteiger partial charge in [-0.15, -0.1) is 23.7 Å². The first-order chi connectivity index (χ1) is 10.8. The van der Waals surface area contributed by atoms with Gasteiger partial charge in [-0.3, -0.25) is 14.3 Å². The minimum Gasteiger partial charge on any atom is -0.354 e. The number of halogens is 1. The van der Waals surface area contributed by atoms with Gasteiger partial charge in [0, 0.05) is 19.0 Å². The predicted molar refractivity (Wildman–Crippen MR) is 98.7 cm³/mol. The summed E-state index contributed by atoms with van der Waals surface area (Å²) in [6.45, 7) is 6.54. The fraction of sp³-hybridized carbons (Fsp3) is 0.533. The lowest BCUT2D eigenvalue weighted by Crippen LogP contribution is -2.46. The van der Waals surface area contributed by atoms with Gasteiger partial charge in [0.05, 0.1) is 10.6 Å². The molecule has 0 bridgehead atoms. The molecule has 2 amide bonds. The maximum atomic E-state index is 12.3. The monoisotopic (exact) mass is 373 g/mol. The summed E-state index contributed by atoms with van der Waals surface area (Å²) in [5, 5.41) is 10.8. The second-order valence-electron chi connectivity index (χ2n) is 5.82. The molecule has 9 heteroatoms. The highest BCUT2D eigenvalue weighted by molar-refractivity contribution is 7.20. The summed E-state index contributed by atoms with van der Waals surface area (Å²) < 4.78 is 1.76. The fourth-order valence-electron chi connectivity index (χ4n) is 2.16. The Kier molecular flexibility index (Phi) is 7.19. The van der Waals surface area contributed by atoms with Gasteiger partial charge in [0.15, 0.2) is 0 Å². The molecule has 0 saturated heterocycles. The van der Waals surface area contributed by atoms with Gasteiger partial charge in [0.2, 0.25) is 5.91 Å². The van der Waals surface area contributed by atoms with E-state index in [9.17, 15) is 9.59 Å². The summed E-state index contributed by atoms with van der Waals surface area (Å²) in [6, 6.07) is 1.22. The van der Waals surface area contributed by atoms with Gasteiger partial charge in [-0.2, -0.15) is 5.10 Å². The number of carbonyl (C=O) groups is 2. The lowest BCUT2D eigenvalue weighted by atomic mass is 10.2. The Morgan fingerprint density at radius 2 is 2.08 bits per heavy atom. The van der Waals surface area contributed by atoms with Gasteiger partial charge < -0.3 is 16.4 Å². The summed E-state index contributed by atoms with van der Waals surface area (Å²) in [4.78, 5) is 25.8. The third-order valence-electron chi connectivity index (χ3n) is 3.69. The molecule has 2 unspecified atom stereocenters. The third-order valence-corrected chi connectivity index (χ3v) is 4.89. The van der Waals surface area contributed by atoms with Crippen LogP contribution in [0.3, 0.4) is 0 Å². The number of nitrogens with two attached hydrogens (primary N) is 1. The van der Waals surface area contributed by atoms with E-state index in [1.807, 2.05) is 27.0 Å². The number of nitrogens with zero attached hydrogens (tertiary/aromatic N) is 2. The Labute approximate surface area is 151 Å². The number of rotatable bonds is 6. The van der Waals surface area contributed by atoms with Crippen molar-refractivity contribution >= 4 is 45.8 Å². The number of carbonyl (C=O) groups excluding carboxylic acids is 2. The van der Waals surface area contributed by atoms with Crippen LogP contribution in [0.4, 0.5) is 0 Å². The molecule has 0 fully saturated rings. The molecule has 2 heterocycles. The number of hydrogen-bond donors (Lipinski definition) is 3. The minimum atomic E-state index is -0.600. The van der Waals surface area contributed by atoms with Crippen molar-refractivity contribution in [3.63, 3.8) is 0 Å². The molecular formula is C15H24ClN5O2S. The fourth-order valence-corrected chi connectivity index (χ4v) is 3.19. The molecule has 0 aromatic carbocycles. The van der Waals surface area contributed by atoms with E-state index in [2.05, 4.69) is 15.7 Å². The second kappa shape index (κ2) is 8.46. The summed E-state index contributed by atoms with van der Waals surface area (Å²) >= 11 is 1.37. The van der Waals surface area contributed by atoms with Crippen molar-refractivity contribution in [2.45, 2.75) is 26.8 Å². The van der Waals surface area contributed by atoms with Crippen molar-refractivity contribution in [3.05, 3.63) is 16.6 Å². The van der Waals surface area contributed by atoms with Crippen molar-refractivity contribution in [1.82, 2.24) is 20.4 Å². The SMILES string of the molecule is Cc1nn(C)c2sc(C(=O)NC(C)C(=O)NCC(C)CN)cc12.Cl. The summed E-state index contributed by atoms with van der Waals surface area (Å²) in [6.07, 6.45) is 0. The maximum Gasteiger partial charge on any atom is 0.262 e. The average molecular weight is 374 g/mol. The van der Waals surface area contributed by atoms with Crippen LogP contribution in [-0.2, 0) is 11.8 Å². The second-order valence-corrected chi connectivity index (χ2v) is 6.85. The molecule has 7 nitrogen and oxygen atoms in total. The van der Waals surface area contributed by atoms with E-state index in [4.69, 9.17) is 5.73 Å². The largest absolute Gasteiger partial charge is 0.354 e. The van der Waals surface area contributed by atoms with Gasteiger partial charge in [-0.1, -0.05) is 6.92 Å². The van der Waals surface area contributed by atoms with Crippen LogP contribution in [0.25, 0.3) is 10.2 Å². The first-order valence-electron chi connectivity index (χ1n) is 7.55. The van der Waals surface area contributed by atoms with Crippen LogP contribution >= 0.6 is 23.7 Å². The van der Waals surface area contributed by atoms with Crippen molar-refractivity contribution in [2.24, 2.45) is 18.7 Å². The van der Waals surface area contributed by atoms with Gasteiger partial charge in [-0.25, -0.2) is 0 Å². The van der Waals surface area contributed by atoms with Crippen LogP contribution in [0.15, 0.2) is 6.07 Å². The van der Waals surface area contributed by atoms with Gasteiger partial charge in [-0.05, 0) is 32.4 Å². The third kappa shape index (κ3) is 4.46. The Bertz CT molecular complexity index is 692. The topological polar surface area (TPSA) is 102 Å². The van der Waals surface area contributed by atoms with Crippen LogP contribution < -0.4 is 16.4 Å². The Balaban J connectivity index is 0.00000288. The Morgan fingerprint density at radius 1 is 1.42 bits per heavy atom. The van der Waals surface area contributed by atoms with E-state index in [-0.39, 0.29) is 30.1 Å². The molecule has 0 spiro atoms. The molecule has 24 heavy (non-hydrogen) atoms. The number of fused-ring (bicyclic) bond motifs is 1. The van der Waals surface area contributed by atoms with Gasteiger partial charge in [0.1, 0.15) is 10.9 Å². The number of aryl methyl sites for hydroxylation is 2. The predicted octanol–water partition coefficient (Wildman–Crippen LogP) is 1.19. The molecule has 134 valence electrons. The quantitative estimate of drug-likeness (QED) is 0.707. The summed E-state index contributed by atoms with van der Waals surface area (Å²) in [5.74, 6) is -0.252. The molecule has 0 aliphatic rings. The smallest absolute Gasteiger partial charge is 0.262 e. The average Bonchev–Trinajstić information content (AvgIpc) is 3.06. The molecular weight excluding hydrogens is 350 g/mol. The highest BCUT2D eigenvalue weighted by Crippen LogP contribution is 2.27. The van der Waals surface area contributed by atoms with E-state index >= 15 is 0 Å². The summed E-state index contributed by atoms with van der Waals surface area (Å²) in [7, 11) is 1.85. The van der Waals surface area contributed by atoms with E-state index in [1.54, 1.807) is 11.6 Å². The van der Waals surface area contributed by atoms with Crippen LogP contribution in [0.2, 0.25) is 0 Å². The molecule has 0 aliphatic heterocycles. The molecule has 2 atom stereocenters. The van der Waals surface area contributed by atoms with Crippen molar-refractivity contribution in [3.8, 4) is 0 Å².